The van der Waals surface area contributed by atoms with Gasteiger partial charge >= 0.3 is 0 Å². The molecule has 3 heterocycles. The van der Waals surface area contributed by atoms with Crippen LogP contribution >= 0.6 is 15.9 Å². The Morgan fingerprint density at radius 1 is 1.52 bits per heavy atom. The lowest BCUT2D eigenvalue weighted by atomic mass is 10.1. The summed E-state index contributed by atoms with van der Waals surface area (Å²) in [7, 11) is 0. The molecule has 1 saturated heterocycles. The quantitative estimate of drug-likeness (QED) is 0.367. The van der Waals surface area contributed by atoms with Gasteiger partial charge in [0.2, 0.25) is 0 Å². The van der Waals surface area contributed by atoms with E-state index in [1.165, 1.54) is 10.9 Å². The van der Waals surface area contributed by atoms with Crippen molar-refractivity contribution >= 4 is 32.9 Å². The molecule has 124 valence electrons. The number of aliphatic hydroxyl groups is 3. The van der Waals surface area contributed by atoms with Gasteiger partial charge in [-0.3, -0.25) is 14.8 Å². The zero-order chi connectivity index (χ0) is 16.9. The van der Waals surface area contributed by atoms with Gasteiger partial charge in [-0.2, -0.15) is 0 Å². The highest BCUT2D eigenvalue weighted by Crippen LogP contribution is 2.32. The van der Waals surface area contributed by atoms with E-state index in [9.17, 15) is 15.0 Å². The summed E-state index contributed by atoms with van der Waals surface area (Å²) in [6.07, 6.45) is -3.38. The minimum absolute atomic E-state index is 0.0543. The lowest BCUT2D eigenvalue weighted by molar-refractivity contribution is -0.0515. The number of primary amides is 1. The van der Waals surface area contributed by atoms with E-state index in [1.807, 2.05) is 0 Å². The van der Waals surface area contributed by atoms with Crippen LogP contribution in [0.4, 0.5) is 0 Å². The molecule has 1 amide bonds. The Morgan fingerprint density at radius 2 is 2.22 bits per heavy atom. The van der Waals surface area contributed by atoms with Crippen molar-refractivity contribution in [1.82, 2.24) is 14.5 Å². The molecule has 11 heteroatoms. The molecule has 0 aliphatic carbocycles. The molecule has 2 aromatic heterocycles. The van der Waals surface area contributed by atoms with Crippen molar-refractivity contribution in [1.29, 1.82) is 5.41 Å². The van der Waals surface area contributed by atoms with Gasteiger partial charge in [0, 0.05) is 0 Å². The van der Waals surface area contributed by atoms with Crippen molar-refractivity contribution in [3.63, 3.8) is 0 Å². The Bertz CT molecular complexity index is 833. The second-order valence-corrected chi connectivity index (χ2v) is 5.92. The summed E-state index contributed by atoms with van der Waals surface area (Å²) in [6.45, 7) is -0.469. The lowest BCUT2D eigenvalue weighted by Crippen LogP contribution is -2.33. The van der Waals surface area contributed by atoms with Gasteiger partial charge in [0.25, 0.3) is 5.91 Å². The van der Waals surface area contributed by atoms with Crippen LogP contribution in [-0.4, -0.2) is 60.7 Å². The fourth-order valence-corrected chi connectivity index (χ4v) is 3.24. The summed E-state index contributed by atoms with van der Waals surface area (Å²) in [5.41, 5.74) is 5.46. The van der Waals surface area contributed by atoms with Crippen molar-refractivity contribution in [2.24, 2.45) is 5.73 Å². The molecule has 1 aliphatic heterocycles. The normalized spacial score (nSPS) is 27.7. The van der Waals surface area contributed by atoms with E-state index >= 15 is 0 Å². The van der Waals surface area contributed by atoms with Crippen LogP contribution in [0.1, 0.15) is 16.6 Å². The zero-order valence-electron chi connectivity index (χ0n) is 11.6. The van der Waals surface area contributed by atoms with Gasteiger partial charge in [0.1, 0.15) is 30.3 Å². The number of fused-ring (bicyclic) bond motifs is 1. The second kappa shape index (κ2) is 5.69. The summed E-state index contributed by atoms with van der Waals surface area (Å²) in [6, 6.07) is 0. The maximum absolute atomic E-state index is 11.6. The van der Waals surface area contributed by atoms with Gasteiger partial charge < -0.3 is 30.8 Å². The minimum Gasteiger partial charge on any atom is -0.394 e. The average molecular weight is 388 g/mol. The molecule has 2 unspecified atom stereocenters. The highest BCUT2D eigenvalue weighted by atomic mass is 79.9. The van der Waals surface area contributed by atoms with Crippen LogP contribution in [0, 0.1) is 5.41 Å². The topological polar surface area (TPSA) is 170 Å². The minimum atomic E-state index is -1.32. The number of nitrogens with one attached hydrogen (secondary N) is 2. The fraction of sp³-hybridized carbons (Fsp3) is 0.417. The van der Waals surface area contributed by atoms with Crippen LogP contribution in [0.5, 0.6) is 0 Å². The number of H-pyrrole nitrogens is 1. The Morgan fingerprint density at radius 3 is 2.78 bits per heavy atom. The molecule has 2 aromatic rings. The molecular weight excluding hydrogens is 374 g/mol. The number of aromatic nitrogens is 3. The SMILES string of the molecule is N=c1ncn([C@H]2O[C@@H](CO)C(O)C2O)c2[nH]c(Br)c(C(N)=O)c12. The van der Waals surface area contributed by atoms with Gasteiger partial charge in [-0.1, -0.05) is 0 Å². The summed E-state index contributed by atoms with van der Waals surface area (Å²) < 4.78 is 7.05. The molecule has 0 bridgehead atoms. The Labute approximate surface area is 137 Å². The monoisotopic (exact) mass is 387 g/mol. The molecule has 7 N–H and O–H groups in total. The molecule has 0 aromatic carbocycles. The Kier molecular flexibility index (Phi) is 3.98. The third kappa shape index (κ3) is 2.37. The van der Waals surface area contributed by atoms with Crippen molar-refractivity contribution in [3.8, 4) is 0 Å². The number of carbonyl (C=O) groups is 1. The molecular formula is C12H14BrN5O5. The standard InChI is InChI=1S/C12H14BrN5O5/c13-8-4(10(15)22)5-9(14)16-2-18(11(5)17-8)12-7(21)6(20)3(1-19)23-12/h2-3,6-7,12,14,17,19-21H,1H2,(H2,15,22)/t3-,6?,7?,12-/m0/s1. The summed E-state index contributed by atoms with van der Waals surface area (Å²) in [4.78, 5) is 18.3. The molecule has 10 nitrogen and oxygen atoms in total. The second-order valence-electron chi connectivity index (χ2n) is 5.13. The average Bonchev–Trinajstić information content (AvgIpc) is 2.99. The van der Waals surface area contributed by atoms with Gasteiger partial charge in [0.15, 0.2) is 11.7 Å². The molecule has 0 spiro atoms. The van der Waals surface area contributed by atoms with Crippen LogP contribution in [-0.2, 0) is 4.74 Å². The number of halogens is 1. The van der Waals surface area contributed by atoms with Crippen molar-refractivity contribution in [2.45, 2.75) is 24.5 Å². The van der Waals surface area contributed by atoms with Gasteiger partial charge in [-0.05, 0) is 15.9 Å². The van der Waals surface area contributed by atoms with Crippen LogP contribution < -0.4 is 11.2 Å². The molecule has 3 rings (SSSR count). The van der Waals surface area contributed by atoms with E-state index < -0.39 is 37.1 Å². The highest BCUT2D eigenvalue weighted by Gasteiger charge is 2.43. The van der Waals surface area contributed by atoms with Gasteiger partial charge in [-0.15, -0.1) is 0 Å². The van der Waals surface area contributed by atoms with Crippen LogP contribution in [0.25, 0.3) is 11.0 Å². The van der Waals surface area contributed by atoms with E-state index in [0.29, 0.717) is 0 Å². The van der Waals surface area contributed by atoms with E-state index in [0.717, 1.165) is 0 Å². The van der Waals surface area contributed by atoms with Gasteiger partial charge in [-0.25, -0.2) is 4.98 Å². The number of hydrogen-bond acceptors (Lipinski definition) is 7. The van der Waals surface area contributed by atoms with Crippen LogP contribution in [0.3, 0.4) is 0 Å². The fourth-order valence-electron chi connectivity index (χ4n) is 2.66. The number of ether oxygens (including phenoxy) is 1. The predicted octanol–water partition coefficient (Wildman–Crippen LogP) is -1.68. The first-order valence-corrected chi connectivity index (χ1v) is 7.41. The number of hydrogen-bond donors (Lipinski definition) is 6. The Hall–Kier alpha value is -1.79. The maximum Gasteiger partial charge on any atom is 0.252 e. The highest BCUT2D eigenvalue weighted by molar-refractivity contribution is 9.10. The molecule has 23 heavy (non-hydrogen) atoms. The van der Waals surface area contributed by atoms with Crippen molar-refractivity contribution < 1.29 is 24.9 Å². The first-order valence-electron chi connectivity index (χ1n) is 6.62. The molecule has 4 atom stereocenters. The number of rotatable bonds is 3. The van der Waals surface area contributed by atoms with E-state index in [2.05, 4.69) is 25.9 Å². The number of aliphatic hydroxyl groups excluding tert-OH is 3. The van der Waals surface area contributed by atoms with Crippen LogP contribution in [0.15, 0.2) is 10.9 Å². The smallest absolute Gasteiger partial charge is 0.252 e. The molecule has 0 radical (unpaired) electrons. The largest absolute Gasteiger partial charge is 0.394 e. The third-order valence-electron chi connectivity index (χ3n) is 3.78. The third-order valence-corrected chi connectivity index (χ3v) is 4.37. The van der Waals surface area contributed by atoms with E-state index in [1.54, 1.807) is 0 Å². The van der Waals surface area contributed by atoms with E-state index in [4.69, 9.17) is 21.0 Å². The molecule has 1 aliphatic rings. The van der Waals surface area contributed by atoms with Crippen molar-refractivity contribution in [3.05, 3.63) is 22.0 Å². The van der Waals surface area contributed by atoms with Crippen molar-refractivity contribution in [2.75, 3.05) is 6.61 Å². The Balaban J connectivity index is 2.21. The summed E-state index contributed by atoms with van der Waals surface area (Å²) in [5, 5.41) is 37.2. The van der Waals surface area contributed by atoms with E-state index in [-0.39, 0.29) is 26.7 Å². The number of aromatic amines is 1. The first kappa shape index (κ1) is 16.1. The predicted molar refractivity (Wildman–Crippen MR) is 79.2 cm³/mol. The number of amides is 1. The molecule has 1 fully saturated rings. The lowest BCUT2D eigenvalue weighted by Gasteiger charge is -2.19. The van der Waals surface area contributed by atoms with Crippen LogP contribution in [0.2, 0.25) is 0 Å². The number of nitrogens with two attached hydrogens (primary N) is 1. The van der Waals surface area contributed by atoms with Gasteiger partial charge in [0.05, 0.1) is 22.2 Å². The summed E-state index contributed by atoms with van der Waals surface area (Å²) in [5.74, 6) is -0.752. The summed E-state index contributed by atoms with van der Waals surface area (Å²) >= 11 is 3.17. The first-order chi connectivity index (χ1) is 10.9. The zero-order valence-corrected chi connectivity index (χ0v) is 13.2. The number of carbonyl (C=O) groups excluding carboxylic acids is 1. The maximum atomic E-state index is 11.6. The number of nitrogens with zero attached hydrogens (tertiary/aromatic N) is 2. The molecule has 0 saturated carbocycles.